The summed E-state index contributed by atoms with van der Waals surface area (Å²) in [6.07, 6.45) is 2.81. The van der Waals surface area contributed by atoms with Crippen LogP contribution in [-0.4, -0.2) is 25.7 Å². The minimum Gasteiger partial charge on any atom is -0.493 e. The van der Waals surface area contributed by atoms with Crippen molar-refractivity contribution in [2.24, 2.45) is 0 Å². The van der Waals surface area contributed by atoms with Crippen LogP contribution in [0.15, 0.2) is 18.2 Å². The van der Waals surface area contributed by atoms with Gasteiger partial charge < -0.3 is 14.8 Å². The summed E-state index contributed by atoms with van der Waals surface area (Å²) in [5, 5.41) is 3.48. The van der Waals surface area contributed by atoms with Gasteiger partial charge >= 0.3 is 5.97 Å². The summed E-state index contributed by atoms with van der Waals surface area (Å²) in [4.78, 5) is 11.0. The summed E-state index contributed by atoms with van der Waals surface area (Å²) < 4.78 is 10.3. The van der Waals surface area contributed by atoms with Crippen LogP contribution in [-0.2, 0) is 16.1 Å². The molecule has 0 amide bonds. The van der Waals surface area contributed by atoms with E-state index in [0.29, 0.717) is 12.6 Å². The summed E-state index contributed by atoms with van der Waals surface area (Å²) in [6, 6.07) is 6.79. The monoisotopic (exact) mass is 263 g/mol. The molecule has 0 heterocycles. The molecule has 0 radical (unpaired) electrons. The zero-order valence-corrected chi connectivity index (χ0v) is 11.6. The van der Waals surface area contributed by atoms with Gasteiger partial charge in [-0.2, -0.15) is 0 Å². The van der Waals surface area contributed by atoms with E-state index in [1.165, 1.54) is 25.5 Å². The summed E-state index contributed by atoms with van der Waals surface area (Å²) in [5.41, 5.74) is 2.37. The van der Waals surface area contributed by atoms with E-state index in [1.54, 1.807) is 0 Å². The molecule has 0 spiro atoms. The van der Waals surface area contributed by atoms with Crippen molar-refractivity contribution in [1.29, 1.82) is 0 Å². The predicted molar refractivity (Wildman–Crippen MR) is 73.2 cm³/mol. The molecule has 1 N–H and O–H groups in total. The second-order valence-electron chi connectivity index (χ2n) is 4.94. The Morgan fingerprint density at radius 2 is 2.21 bits per heavy atom. The fraction of sp³-hybridized carbons (Fsp3) is 0.533. The van der Waals surface area contributed by atoms with Crippen molar-refractivity contribution in [2.75, 3.05) is 13.7 Å². The largest absolute Gasteiger partial charge is 0.493 e. The van der Waals surface area contributed by atoms with E-state index in [4.69, 9.17) is 4.74 Å². The molecule has 0 atom stereocenters. The van der Waals surface area contributed by atoms with Gasteiger partial charge in [0, 0.05) is 18.2 Å². The van der Waals surface area contributed by atoms with E-state index >= 15 is 0 Å². The van der Waals surface area contributed by atoms with Gasteiger partial charge in [-0.3, -0.25) is 4.79 Å². The molecule has 0 saturated heterocycles. The van der Waals surface area contributed by atoms with E-state index in [1.807, 2.05) is 12.1 Å². The molecule has 4 heteroatoms. The van der Waals surface area contributed by atoms with Crippen molar-refractivity contribution < 1.29 is 14.3 Å². The van der Waals surface area contributed by atoms with Crippen LogP contribution < -0.4 is 10.1 Å². The van der Waals surface area contributed by atoms with Crippen LogP contribution in [0.2, 0.25) is 0 Å². The third kappa shape index (κ3) is 4.56. The van der Waals surface area contributed by atoms with Crippen LogP contribution in [0.1, 0.15) is 30.4 Å². The zero-order valence-electron chi connectivity index (χ0n) is 11.6. The van der Waals surface area contributed by atoms with Gasteiger partial charge in [0.05, 0.1) is 20.1 Å². The highest BCUT2D eigenvalue weighted by atomic mass is 16.5. The normalized spacial score (nSPS) is 14.2. The highest BCUT2D eigenvalue weighted by Crippen LogP contribution is 2.23. The number of nitrogens with one attached hydrogen (secondary N) is 1. The number of esters is 1. The summed E-state index contributed by atoms with van der Waals surface area (Å²) in [5.74, 6) is 0.604. The van der Waals surface area contributed by atoms with Crippen LogP contribution in [0, 0.1) is 6.92 Å². The first kappa shape index (κ1) is 13.9. The van der Waals surface area contributed by atoms with Gasteiger partial charge in [-0.1, -0.05) is 17.7 Å². The summed E-state index contributed by atoms with van der Waals surface area (Å²) >= 11 is 0. The second kappa shape index (κ2) is 6.57. The maximum atomic E-state index is 11.0. The fourth-order valence-corrected chi connectivity index (χ4v) is 1.88. The Morgan fingerprint density at radius 3 is 2.89 bits per heavy atom. The van der Waals surface area contributed by atoms with Gasteiger partial charge in [0.2, 0.25) is 0 Å². The number of carbonyl (C=O) groups is 1. The minimum absolute atomic E-state index is 0.246. The molecule has 104 valence electrons. The Hall–Kier alpha value is -1.55. The number of hydrogen-bond acceptors (Lipinski definition) is 4. The molecule has 1 aliphatic rings. The van der Waals surface area contributed by atoms with E-state index in [2.05, 4.69) is 23.0 Å². The molecule has 4 nitrogen and oxygen atoms in total. The average Bonchev–Trinajstić information content (AvgIpc) is 3.22. The number of benzene rings is 1. The third-order valence-corrected chi connectivity index (χ3v) is 3.17. The van der Waals surface area contributed by atoms with Crippen LogP contribution in [0.3, 0.4) is 0 Å². The minimum atomic E-state index is -0.246. The Kier molecular flexibility index (Phi) is 4.80. The predicted octanol–water partition coefficient (Wildman–Crippen LogP) is 2.19. The molecule has 0 aliphatic heterocycles. The SMILES string of the molecule is COC(=O)CCOc1ccc(C)cc1CNC1CC1. The molecular weight excluding hydrogens is 242 g/mol. The number of hydrogen-bond donors (Lipinski definition) is 1. The van der Waals surface area contributed by atoms with Gasteiger partial charge in [-0.05, 0) is 25.8 Å². The van der Waals surface area contributed by atoms with Crippen LogP contribution in [0.5, 0.6) is 5.75 Å². The summed E-state index contributed by atoms with van der Waals surface area (Å²) in [6.45, 7) is 3.24. The smallest absolute Gasteiger partial charge is 0.308 e. The molecule has 0 unspecified atom stereocenters. The van der Waals surface area contributed by atoms with Crippen molar-refractivity contribution >= 4 is 5.97 Å². The number of rotatable bonds is 7. The average molecular weight is 263 g/mol. The standard InChI is InChI=1S/C15H21NO3/c1-11-3-6-14(19-8-7-15(17)18-2)12(9-11)10-16-13-4-5-13/h3,6,9,13,16H,4-5,7-8,10H2,1-2H3. The van der Waals surface area contributed by atoms with E-state index < -0.39 is 0 Å². The third-order valence-electron chi connectivity index (χ3n) is 3.17. The van der Waals surface area contributed by atoms with Crippen LogP contribution in [0.4, 0.5) is 0 Å². The van der Waals surface area contributed by atoms with Gasteiger partial charge in [0.25, 0.3) is 0 Å². The number of ether oxygens (including phenoxy) is 2. The van der Waals surface area contributed by atoms with E-state index in [0.717, 1.165) is 17.9 Å². The number of carbonyl (C=O) groups excluding carboxylic acids is 1. The first-order chi connectivity index (χ1) is 9.19. The second-order valence-corrected chi connectivity index (χ2v) is 4.94. The molecule has 1 saturated carbocycles. The van der Waals surface area contributed by atoms with Crippen molar-refractivity contribution in [3.63, 3.8) is 0 Å². The topological polar surface area (TPSA) is 47.6 Å². The lowest BCUT2D eigenvalue weighted by molar-refractivity contribution is -0.141. The highest BCUT2D eigenvalue weighted by molar-refractivity contribution is 5.69. The molecule has 2 rings (SSSR count). The van der Waals surface area contributed by atoms with Crippen molar-refractivity contribution in [1.82, 2.24) is 5.32 Å². The van der Waals surface area contributed by atoms with Gasteiger partial charge in [-0.25, -0.2) is 0 Å². The number of aryl methyl sites for hydroxylation is 1. The molecule has 0 bridgehead atoms. The molecule has 1 fully saturated rings. The molecule has 1 aliphatic carbocycles. The Morgan fingerprint density at radius 1 is 1.42 bits per heavy atom. The van der Waals surface area contributed by atoms with E-state index in [9.17, 15) is 4.79 Å². The highest BCUT2D eigenvalue weighted by Gasteiger charge is 2.20. The summed E-state index contributed by atoms with van der Waals surface area (Å²) in [7, 11) is 1.39. The van der Waals surface area contributed by atoms with Gasteiger partial charge in [0.1, 0.15) is 5.75 Å². The molecule has 0 aromatic heterocycles. The maximum absolute atomic E-state index is 11.0. The first-order valence-corrected chi connectivity index (χ1v) is 6.71. The Labute approximate surface area is 114 Å². The van der Waals surface area contributed by atoms with Gasteiger partial charge in [-0.15, -0.1) is 0 Å². The quantitative estimate of drug-likeness (QED) is 0.766. The van der Waals surface area contributed by atoms with Crippen molar-refractivity contribution in [2.45, 2.75) is 38.8 Å². The maximum Gasteiger partial charge on any atom is 0.308 e. The van der Waals surface area contributed by atoms with Crippen LogP contribution >= 0.6 is 0 Å². The van der Waals surface area contributed by atoms with Crippen molar-refractivity contribution in [3.8, 4) is 5.75 Å². The molecule has 19 heavy (non-hydrogen) atoms. The molecule has 1 aromatic rings. The molecular formula is C15H21NO3. The van der Waals surface area contributed by atoms with Gasteiger partial charge in [0.15, 0.2) is 0 Å². The Bertz CT molecular complexity index is 441. The number of methoxy groups -OCH3 is 1. The lowest BCUT2D eigenvalue weighted by atomic mass is 10.1. The first-order valence-electron chi connectivity index (χ1n) is 6.71. The fourth-order valence-electron chi connectivity index (χ4n) is 1.88. The Balaban J connectivity index is 1.91. The van der Waals surface area contributed by atoms with E-state index in [-0.39, 0.29) is 12.4 Å². The lowest BCUT2D eigenvalue weighted by Gasteiger charge is -2.12. The lowest BCUT2D eigenvalue weighted by Crippen LogP contribution is -2.16. The zero-order chi connectivity index (χ0) is 13.7. The van der Waals surface area contributed by atoms with Crippen LogP contribution in [0.25, 0.3) is 0 Å². The van der Waals surface area contributed by atoms with Crippen molar-refractivity contribution in [3.05, 3.63) is 29.3 Å². The molecule has 1 aromatic carbocycles.